The third-order valence-corrected chi connectivity index (χ3v) is 5.52. The third-order valence-electron chi connectivity index (χ3n) is 5.52. The molecule has 166 valence electrons. The van der Waals surface area contributed by atoms with Gasteiger partial charge in [-0.05, 0) is 74.6 Å². The summed E-state index contributed by atoms with van der Waals surface area (Å²) in [7, 11) is 0. The summed E-state index contributed by atoms with van der Waals surface area (Å²) in [4.78, 5) is 23.8. The standard InChI is InChI=1S/C25H30N6O/c1-3-19-7-9-21(10-8-19)28-25(32)29-22-13-11-20(12-14-22)27-23-17-18(2)26-24(30-23)31-15-5-4-6-16-31/h7-14,17H,3-6,15-16H2,1-2H3,(H,26,27,30)(H2,28,29,32). The minimum atomic E-state index is -0.271. The second-order valence-electron chi connectivity index (χ2n) is 8.07. The fourth-order valence-electron chi connectivity index (χ4n) is 3.75. The van der Waals surface area contributed by atoms with Gasteiger partial charge in [-0.2, -0.15) is 4.98 Å². The van der Waals surface area contributed by atoms with Gasteiger partial charge in [-0.3, -0.25) is 0 Å². The molecule has 0 saturated carbocycles. The molecule has 0 bridgehead atoms. The van der Waals surface area contributed by atoms with E-state index in [1.54, 1.807) is 0 Å². The van der Waals surface area contributed by atoms with E-state index in [0.717, 1.165) is 48.3 Å². The van der Waals surface area contributed by atoms with Gasteiger partial charge >= 0.3 is 6.03 Å². The lowest BCUT2D eigenvalue weighted by atomic mass is 10.1. The Morgan fingerprint density at radius 2 is 1.47 bits per heavy atom. The van der Waals surface area contributed by atoms with E-state index in [1.807, 2.05) is 61.5 Å². The molecule has 3 N–H and O–H groups in total. The Morgan fingerprint density at radius 3 is 2.09 bits per heavy atom. The monoisotopic (exact) mass is 430 g/mol. The van der Waals surface area contributed by atoms with Gasteiger partial charge in [0, 0.05) is 41.9 Å². The number of hydrogen-bond donors (Lipinski definition) is 3. The molecule has 7 heteroatoms. The fraction of sp³-hybridized carbons (Fsp3) is 0.320. The molecule has 3 aromatic rings. The molecular weight excluding hydrogens is 400 g/mol. The molecule has 0 spiro atoms. The summed E-state index contributed by atoms with van der Waals surface area (Å²) in [6, 6.07) is 17.1. The number of carbonyl (C=O) groups is 1. The number of carbonyl (C=O) groups excluding carboxylic acids is 1. The van der Waals surface area contributed by atoms with Crippen LogP contribution in [0.25, 0.3) is 0 Å². The van der Waals surface area contributed by atoms with Crippen LogP contribution in [-0.4, -0.2) is 29.1 Å². The van der Waals surface area contributed by atoms with Crippen LogP contribution in [0.3, 0.4) is 0 Å². The number of urea groups is 1. The van der Waals surface area contributed by atoms with Gasteiger partial charge in [0.25, 0.3) is 0 Å². The number of piperidine rings is 1. The highest BCUT2D eigenvalue weighted by Crippen LogP contribution is 2.22. The summed E-state index contributed by atoms with van der Waals surface area (Å²) in [5.74, 6) is 1.56. The van der Waals surface area contributed by atoms with Crippen molar-refractivity contribution in [1.29, 1.82) is 0 Å². The fourth-order valence-corrected chi connectivity index (χ4v) is 3.75. The molecule has 1 saturated heterocycles. The molecule has 1 aliphatic rings. The lowest BCUT2D eigenvalue weighted by molar-refractivity contribution is 0.262. The summed E-state index contributed by atoms with van der Waals surface area (Å²) in [5, 5.41) is 9.06. The Labute approximate surface area is 189 Å². The first-order valence-corrected chi connectivity index (χ1v) is 11.2. The Hall–Kier alpha value is -3.61. The predicted octanol–water partition coefficient (Wildman–Crippen LogP) is 5.73. The van der Waals surface area contributed by atoms with Crippen LogP contribution in [0.1, 0.15) is 37.4 Å². The summed E-state index contributed by atoms with van der Waals surface area (Å²) in [6.45, 7) is 6.11. The molecule has 7 nitrogen and oxygen atoms in total. The van der Waals surface area contributed by atoms with Crippen LogP contribution in [0.5, 0.6) is 0 Å². The topological polar surface area (TPSA) is 82.2 Å². The summed E-state index contributed by atoms with van der Waals surface area (Å²) in [5.41, 5.74) is 4.55. The summed E-state index contributed by atoms with van der Waals surface area (Å²) < 4.78 is 0. The van der Waals surface area contributed by atoms with Crippen LogP contribution in [-0.2, 0) is 6.42 Å². The smallest absolute Gasteiger partial charge is 0.323 e. The predicted molar refractivity (Wildman–Crippen MR) is 131 cm³/mol. The molecule has 2 heterocycles. The molecule has 0 radical (unpaired) electrons. The normalized spacial score (nSPS) is 13.5. The van der Waals surface area contributed by atoms with Gasteiger partial charge in [0.05, 0.1) is 0 Å². The molecule has 0 unspecified atom stereocenters. The van der Waals surface area contributed by atoms with E-state index in [-0.39, 0.29) is 6.03 Å². The SMILES string of the molecule is CCc1ccc(NC(=O)Nc2ccc(Nc3cc(C)nc(N4CCCCC4)n3)cc2)cc1. The number of rotatable bonds is 6. The number of benzene rings is 2. The van der Waals surface area contributed by atoms with Gasteiger partial charge < -0.3 is 20.9 Å². The first kappa shape index (κ1) is 21.6. The van der Waals surface area contributed by atoms with Crippen molar-refractivity contribution in [2.45, 2.75) is 39.5 Å². The number of amides is 2. The van der Waals surface area contributed by atoms with Crippen LogP contribution in [0.15, 0.2) is 54.6 Å². The van der Waals surface area contributed by atoms with Crippen molar-refractivity contribution >= 4 is 34.9 Å². The van der Waals surface area contributed by atoms with Crippen LogP contribution >= 0.6 is 0 Å². The number of hydrogen-bond acceptors (Lipinski definition) is 5. The maximum absolute atomic E-state index is 12.3. The highest BCUT2D eigenvalue weighted by atomic mass is 16.2. The Morgan fingerprint density at radius 1 is 0.875 bits per heavy atom. The highest BCUT2D eigenvalue weighted by Gasteiger charge is 2.14. The minimum Gasteiger partial charge on any atom is -0.341 e. The summed E-state index contributed by atoms with van der Waals surface area (Å²) >= 11 is 0. The van der Waals surface area contributed by atoms with E-state index >= 15 is 0 Å². The maximum atomic E-state index is 12.3. The zero-order valence-electron chi connectivity index (χ0n) is 18.7. The van der Waals surface area contributed by atoms with Crippen molar-refractivity contribution in [3.63, 3.8) is 0 Å². The molecule has 0 atom stereocenters. The molecule has 2 aromatic carbocycles. The number of aromatic nitrogens is 2. The third kappa shape index (κ3) is 5.75. The van der Waals surface area contributed by atoms with E-state index in [4.69, 9.17) is 4.98 Å². The van der Waals surface area contributed by atoms with Gasteiger partial charge in [0.2, 0.25) is 5.95 Å². The molecule has 4 rings (SSSR count). The average molecular weight is 431 g/mol. The first-order valence-electron chi connectivity index (χ1n) is 11.2. The van der Waals surface area contributed by atoms with Crippen LogP contribution in [0, 0.1) is 6.92 Å². The zero-order chi connectivity index (χ0) is 22.3. The van der Waals surface area contributed by atoms with Crippen molar-refractivity contribution < 1.29 is 4.79 Å². The van der Waals surface area contributed by atoms with E-state index in [1.165, 1.54) is 24.8 Å². The quantitative estimate of drug-likeness (QED) is 0.465. The van der Waals surface area contributed by atoms with Gasteiger partial charge in [-0.1, -0.05) is 19.1 Å². The Balaban J connectivity index is 1.36. The van der Waals surface area contributed by atoms with Gasteiger partial charge in [0.15, 0.2) is 0 Å². The number of anilines is 5. The highest BCUT2D eigenvalue weighted by molar-refractivity contribution is 5.99. The summed E-state index contributed by atoms with van der Waals surface area (Å²) in [6.07, 6.45) is 4.62. The Bertz CT molecular complexity index is 1040. The molecular formula is C25H30N6O. The molecule has 1 aromatic heterocycles. The lowest BCUT2D eigenvalue weighted by Crippen LogP contribution is -2.31. The largest absolute Gasteiger partial charge is 0.341 e. The van der Waals surface area contributed by atoms with Crippen molar-refractivity contribution in [2.24, 2.45) is 0 Å². The van der Waals surface area contributed by atoms with E-state index in [0.29, 0.717) is 5.69 Å². The number of nitrogens with one attached hydrogen (secondary N) is 3. The minimum absolute atomic E-state index is 0.271. The average Bonchev–Trinajstić information content (AvgIpc) is 2.81. The molecule has 2 amide bonds. The van der Waals surface area contributed by atoms with E-state index in [9.17, 15) is 4.79 Å². The van der Waals surface area contributed by atoms with Gasteiger partial charge in [-0.25, -0.2) is 9.78 Å². The second-order valence-corrected chi connectivity index (χ2v) is 8.07. The number of nitrogens with zero attached hydrogens (tertiary/aromatic N) is 3. The lowest BCUT2D eigenvalue weighted by Gasteiger charge is -2.27. The van der Waals surface area contributed by atoms with Gasteiger partial charge in [-0.15, -0.1) is 0 Å². The maximum Gasteiger partial charge on any atom is 0.323 e. The van der Waals surface area contributed by atoms with Gasteiger partial charge in [0.1, 0.15) is 5.82 Å². The van der Waals surface area contributed by atoms with E-state index < -0.39 is 0 Å². The second kappa shape index (κ2) is 10.1. The number of aryl methyl sites for hydroxylation is 2. The van der Waals surface area contributed by atoms with Crippen molar-refractivity contribution in [2.75, 3.05) is 33.9 Å². The van der Waals surface area contributed by atoms with Crippen LogP contribution < -0.4 is 20.9 Å². The van der Waals surface area contributed by atoms with Crippen LogP contribution in [0.2, 0.25) is 0 Å². The molecule has 1 aliphatic heterocycles. The van der Waals surface area contributed by atoms with Crippen molar-refractivity contribution in [1.82, 2.24) is 9.97 Å². The van der Waals surface area contributed by atoms with E-state index in [2.05, 4.69) is 32.8 Å². The molecule has 1 fully saturated rings. The Kier molecular flexibility index (Phi) is 6.84. The van der Waals surface area contributed by atoms with Crippen molar-refractivity contribution in [3.05, 3.63) is 65.9 Å². The van der Waals surface area contributed by atoms with Crippen LogP contribution in [0.4, 0.5) is 33.6 Å². The first-order chi connectivity index (χ1) is 15.6. The molecule has 32 heavy (non-hydrogen) atoms. The molecule has 0 aliphatic carbocycles. The van der Waals surface area contributed by atoms with Crippen molar-refractivity contribution in [3.8, 4) is 0 Å². The zero-order valence-corrected chi connectivity index (χ0v) is 18.7.